The van der Waals surface area contributed by atoms with Crippen molar-refractivity contribution in [1.29, 1.82) is 0 Å². The van der Waals surface area contributed by atoms with Gasteiger partial charge in [0.2, 0.25) is 0 Å². The summed E-state index contributed by atoms with van der Waals surface area (Å²) in [7, 11) is 0. The second-order valence-corrected chi connectivity index (χ2v) is 5.25. The summed E-state index contributed by atoms with van der Waals surface area (Å²) >= 11 is 0. The van der Waals surface area contributed by atoms with E-state index in [1.54, 1.807) is 0 Å². The highest BCUT2D eigenvalue weighted by atomic mass is 16.5. The Kier molecular flexibility index (Phi) is 3.01. The first-order valence-electron chi connectivity index (χ1n) is 6.97. The van der Waals surface area contributed by atoms with Crippen molar-refractivity contribution in [2.45, 2.75) is 20.8 Å². The van der Waals surface area contributed by atoms with Gasteiger partial charge in [0, 0.05) is 29.1 Å². The van der Waals surface area contributed by atoms with E-state index in [9.17, 15) is 0 Å². The molecule has 1 N–H and O–H groups in total. The molecular weight excluding hydrogens is 246 g/mol. The highest BCUT2D eigenvalue weighted by Gasteiger charge is 2.17. The molecule has 0 radical (unpaired) electrons. The van der Waals surface area contributed by atoms with Gasteiger partial charge in [-0.15, -0.1) is 0 Å². The van der Waals surface area contributed by atoms with Crippen LogP contribution in [0.25, 0.3) is 12.2 Å². The third kappa shape index (κ3) is 1.97. The maximum atomic E-state index is 6.07. The summed E-state index contributed by atoms with van der Waals surface area (Å²) in [5.41, 5.74) is 4.81. The van der Waals surface area contributed by atoms with Crippen LogP contribution < -0.4 is 20.5 Å². The minimum Gasteiger partial charge on any atom is -0.456 e. The largest absolute Gasteiger partial charge is 0.456 e. The summed E-state index contributed by atoms with van der Waals surface area (Å²) in [6.07, 6.45) is 0. The Morgan fingerprint density at radius 1 is 1.10 bits per heavy atom. The van der Waals surface area contributed by atoms with Crippen LogP contribution in [-0.4, -0.2) is 6.54 Å². The summed E-state index contributed by atoms with van der Waals surface area (Å²) in [6, 6.07) is 10.4. The summed E-state index contributed by atoms with van der Waals surface area (Å²) in [4.78, 5) is 0. The molecule has 1 aliphatic heterocycles. The van der Waals surface area contributed by atoms with Crippen LogP contribution in [0.2, 0.25) is 0 Å². The predicted octanol–water partition coefficient (Wildman–Crippen LogP) is 3.16. The predicted molar refractivity (Wildman–Crippen MR) is 84.8 cm³/mol. The molecule has 0 spiro atoms. The molecule has 0 aromatic heterocycles. The number of rotatable bonds is 2. The van der Waals surface area contributed by atoms with Crippen molar-refractivity contribution in [1.82, 2.24) is 0 Å². The lowest BCUT2D eigenvalue weighted by atomic mass is 9.97. The zero-order valence-electron chi connectivity index (χ0n) is 12.2. The smallest absolute Gasteiger partial charge is 0.137 e. The number of anilines is 1. The number of aryl methyl sites for hydroxylation is 1. The zero-order chi connectivity index (χ0) is 14.3. The minimum atomic E-state index is 0.897. The summed E-state index contributed by atoms with van der Waals surface area (Å²) in [5.74, 6) is 1.82. The second-order valence-electron chi connectivity index (χ2n) is 5.25. The Hall–Kier alpha value is -2.22. The lowest BCUT2D eigenvalue weighted by Gasteiger charge is -2.21. The second kappa shape index (κ2) is 4.71. The first-order chi connectivity index (χ1) is 9.60. The first-order valence-corrected chi connectivity index (χ1v) is 6.97. The Bertz CT molecular complexity index is 790. The van der Waals surface area contributed by atoms with E-state index in [2.05, 4.69) is 50.9 Å². The molecule has 0 saturated heterocycles. The molecule has 1 aliphatic rings. The molecule has 0 unspecified atom stereocenters. The van der Waals surface area contributed by atoms with E-state index in [4.69, 9.17) is 4.74 Å². The van der Waals surface area contributed by atoms with Gasteiger partial charge in [-0.3, -0.25) is 0 Å². The van der Waals surface area contributed by atoms with Gasteiger partial charge in [0.1, 0.15) is 11.5 Å². The van der Waals surface area contributed by atoms with Crippen molar-refractivity contribution in [3.8, 4) is 11.5 Å². The third-order valence-corrected chi connectivity index (χ3v) is 3.77. The molecule has 0 amide bonds. The lowest BCUT2D eigenvalue weighted by Crippen LogP contribution is -2.18. The van der Waals surface area contributed by atoms with Gasteiger partial charge in [0.15, 0.2) is 0 Å². The molecule has 102 valence electrons. The van der Waals surface area contributed by atoms with E-state index in [0.29, 0.717) is 0 Å². The number of nitrogens with one attached hydrogen (secondary N) is 1. The average Bonchev–Trinajstić information content (AvgIpc) is 2.41. The average molecular weight is 265 g/mol. The van der Waals surface area contributed by atoms with E-state index >= 15 is 0 Å². The summed E-state index contributed by atoms with van der Waals surface area (Å²) in [6.45, 7) is 11.2. The van der Waals surface area contributed by atoms with Crippen molar-refractivity contribution in [3.63, 3.8) is 0 Å². The van der Waals surface area contributed by atoms with Crippen molar-refractivity contribution in [2.24, 2.45) is 0 Å². The Morgan fingerprint density at radius 3 is 2.65 bits per heavy atom. The minimum absolute atomic E-state index is 0.897. The molecule has 0 atom stereocenters. The van der Waals surface area contributed by atoms with E-state index in [0.717, 1.165) is 34.2 Å². The van der Waals surface area contributed by atoms with Gasteiger partial charge in [-0.2, -0.15) is 0 Å². The van der Waals surface area contributed by atoms with Gasteiger partial charge >= 0.3 is 0 Å². The summed E-state index contributed by atoms with van der Waals surface area (Å²) in [5, 5.41) is 5.50. The fraction of sp³-hybridized carbons (Fsp3) is 0.222. The van der Waals surface area contributed by atoms with E-state index < -0.39 is 0 Å². The van der Waals surface area contributed by atoms with Crippen LogP contribution in [0.1, 0.15) is 25.0 Å². The Morgan fingerprint density at radius 2 is 1.90 bits per heavy atom. The molecule has 0 saturated carbocycles. The molecule has 3 rings (SSSR count). The number of benzene rings is 2. The van der Waals surface area contributed by atoms with Gasteiger partial charge in [-0.1, -0.05) is 18.7 Å². The van der Waals surface area contributed by atoms with Crippen LogP contribution in [0.4, 0.5) is 5.69 Å². The fourth-order valence-electron chi connectivity index (χ4n) is 2.67. The van der Waals surface area contributed by atoms with Crippen molar-refractivity contribution in [3.05, 3.63) is 51.9 Å². The standard InChI is InChI=1S/C18H19NO/c1-5-19-16-10-18-15(9-12(16)3)13(4)14-7-6-11(2)8-17(14)20-18/h6-10,19H,2,5H2,1,3-4H3. The molecule has 20 heavy (non-hydrogen) atoms. The molecule has 2 aromatic carbocycles. The highest BCUT2D eigenvalue weighted by Crippen LogP contribution is 2.36. The third-order valence-electron chi connectivity index (χ3n) is 3.77. The quantitative estimate of drug-likeness (QED) is 0.900. The number of fused-ring (bicyclic) bond motifs is 2. The number of hydrogen-bond acceptors (Lipinski definition) is 2. The number of hydrogen-bond donors (Lipinski definition) is 1. The van der Waals surface area contributed by atoms with Gasteiger partial charge in [0.25, 0.3) is 0 Å². The normalized spacial score (nSPS) is 12.4. The molecule has 1 heterocycles. The molecular formula is C18H19NO. The van der Waals surface area contributed by atoms with E-state index in [-0.39, 0.29) is 0 Å². The maximum absolute atomic E-state index is 6.07. The first kappa shape index (κ1) is 12.8. The highest BCUT2D eigenvalue weighted by molar-refractivity contribution is 5.76. The van der Waals surface area contributed by atoms with Crippen LogP contribution in [0, 0.1) is 6.92 Å². The molecule has 2 heteroatoms. The van der Waals surface area contributed by atoms with Gasteiger partial charge in [-0.05, 0) is 49.3 Å². The fourth-order valence-corrected chi connectivity index (χ4v) is 2.67. The summed E-state index contributed by atoms with van der Waals surface area (Å²) < 4.78 is 6.07. The zero-order valence-corrected chi connectivity index (χ0v) is 12.2. The Labute approximate surface area is 119 Å². The molecule has 0 bridgehead atoms. The van der Waals surface area contributed by atoms with Crippen molar-refractivity contribution < 1.29 is 4.74 Å². The van der Waals surface area contributed by atoms with Crippen LogP contribution in [0.5, 0.6) is 11.5 Å². The molecule has 2 nitrogen and oxygen atoms in total. The lowest BCUT2D eigenvalue weighted by molar-refractivity contribution is 0.471. The van der Waals surface area contributed by atoms with Crippen LogP contribution in [0.15, 0.2) is 30.3 Å². The Balaban J connectivity index is 2.25. The van der Waals surface area contributed by atoms with Crippen LogP contribution in [-0.2, 0) is 0 Å². The van der Waals surface area contributed by atoms with Crippen LogP contribution >= 0.6 is 0 Å². The SMILES string of the molecule is C=c1ccc2c(c1)Oc1cc(NCC)c(C)cc1C=2C. The number of ether oxygens (including phenoxy) is 1. The maximum Gasteiger partial charge on any atom is 0.137 e. The van der Waals surface area contributed by atoms with E-state index in [1.807, 2.05) is 12.1 Å². The van der Waals surface area contributed by atoms with Gasteiger partial charge in [0.05, 0.1) is 0 Å². The monoisotopic (exact) mass is 265 g/mol. The molecule has 0 aliphatic carbocycles. The topological polar surface area (TPSA) is 21.3 Å². The molecule has 0 fully saturated rings. The van der Waals surface area contributed by atoms with Crippen molar-refractivity contribution in [2.75, 3.05) is 11.9 Å². The van der Waals surface area contributed by atoms with Crippen LogP contribution in [0.3, 0.4) is 0 Å². The van der Waals surface area contributed by atoms with Gasteiger partial charge < -0.3 is 10.1 Å². The van der Waals surface area contributed by atoms with Gasteiger partial charge in [-0.25, -0.2) is 0 Å². The van der Waals surface area contributed by atoms with Crippen molar-refractivity contribution >= 4 is 17.8 Å². The molecule has 2 aromatic rings. The van der Waals surface area contributed by atoms with E-state index in [1.165, 1.54) is 16.7 Å².